The zero-order valence-corrected chi connectivity index (χ0v) is 17.4. The predicted molar refractivity (Wildman–Crippen MR) is 107 cm³/mol. The standard InChI is InChI=1S/C18H23N3O5S2/c1-4-14(13-7-8-26-11-13)20-17(22)10-12-5-6-15(27-3)16(9-12)28(24,25)21-18(23)19-2/h5-9,11,14H,4,10H2,1-3H3,(H,20,22)(H2,19,21,23). The molecule has 0 saturated carbocycles. The van der Waals surface area contributed by atoms with Crippen molar-refractivity contribution in [2.75, 3.05) is 13.3 Å². The van der Waals surface area contributed by atoms with E-state index in [4.69, 9.17) is 4.42 Å². The minimum atomic E-state index is -4.06. The van der Waals surface area contributed by atoms with E-state index in [0.29, 0.717) is 16.9 Å². The number of nitrogens with one attached hydrogen (secondary N) is 3. The van der Waals surface area contributed by atoms with Crippen LogP contribution in [0, 0.1) is 0 Å². The molecule has 1 unspecified atom stereocenters. The second-order valence-corrected chi connectivity index (χ2v) is 8.43. The lowest BCUT2D eigenvalue weighted by molar-refractivity contribution is -0.121. The molecule has 0 aliphatic heterocycles. The first-order valence-electron chi connectivity index (χ1n) is 8.53. The number of benzene rings is 1. The molecule has 3 N–H and O–H groups in total. The van der Waals surface area contributed by atoms with Crippen molar-refractivity contribution in [2.45, 2.75) is 35.6 Å². The highest BCUT2D eigenvalue weighted by Crippen LogP contribution is 2.26. The van der Waals surface area contributed by atoms with E-state index in [9.17, 15) is 18.0 Å². The first-order chi connectivity index (χ1) is 13.3. The van der Waals surface area contributed by atoms with Gasteiger partial charge in [0.1, 0.15) is 4.90 Å². The normalized spacial score (nSPS) is 12.2. The van der Waals surface area contributed by atoms with Crippen LogP contribution < -0.4 is 15.4 Å². The highest BCUT2D eigenvalue weighted by Gasteiger charge is 2.22. The van der Waals surface area contributed by atoms with Gasteiger partial charge in [0.25, 0.3) is 10.0 Å². The molecule has 28 heavy (non-hydrogen) atoms. The Labute approximate surface area is 168 Å². The summed E-state index contributed by atoms with van der Waals surface area (Å²) in [4.78, 5) is 24.3. The molecular formula is C18H23N3O5S2. The molecule has 1 aromatic heterocycles. The van der Waals surface area contributed by atoms with E-state index in [1.54, 1.807) is 37.0 Å². The number of urea groups is 1. The average molecular weight is 426 g/mol. The molecule has 0 fully saturated rings. The molecule has 1 aromatic carbocycles. The number of sulfonamides is 1. The maximum atomic E-state index is 12.5. The van der Waals surface area contributed by atoms with Gasteiger partial charge in [0.05, 0.1) is 25.0 Å². The molecule has 1 heterocycles. The van der Waals surface area contributed by atoms with Gasteiger partial charge >= 0.3 is 6.03 Å². The summed E-state index contributed by atoms with van der Waals surface area (Å²) >= 11 is 1.24. The number of carbonyl (C=O) groups is 2. The second-order valence-electron chi connectivity index (χ2n) is 5.93. The van der Waals surface area contributed by atoms with Gasteiger partial charge < -0.3 is 15.1 Å². The maximum absolute atomic E-state index is 12.5. The Kier molecular flexibility index (Phi) is 7.53. The number of rotatable bonds is 8. The summed E-state index contributed by atoms with van der Waals surface area (Å²) in [5.41, 5.74) is 1.39. The van der Waals surface area contributed by atoms with Crippen molar-refractivity contribution >= 4 is 33.7 Å². The van der Waals surface area contributed by atoms with E-state index >= 15 is 0 Å². The van der Waals surface area contributed by atoms with Crippen LogP contribution in [-0.4, -0.2) is 33.7 Å². The second kappa shape index (κ2) is 9.65. The fraction of sp³-hybridized carbons (Fsp3) is 0.333. The largest absolute Gasteiger partial charge is 0.472 e. The smallest absolute Gasteiger partial charge is 0.328 e. The van der Waals surface area contributed by atoms with Gasteiger partial charge in [0.2, 0.25) is 5.91 Å². The van der Waals surface area contributed by atoms with Crippen LogP contribution in [-0.2, 0) is 21.2 Å². The molecule has 8 nitrogen and oxygen atoms in total. The van der Waals surface area contributed by atoms with Gasteiger partial charge in [-0.2, -0.15) is 0 Å². The molecule has 0 radical (unpaired) electrons. The zero-order chi connectivity index (χ0) is 20.7. The lowest BCUT2D eigenvalue weighted by Gasteiger charge is -2.16. The van der Waals surface area contributed by atoms with Crippen molar-refractivity contribution in [3.63, 3.8) is 0 Å². The third-order valence-corrected chi connectivity index (χ3v) is 6.32. The van der Waals surface area contributed by atoms with E-state index in [0.717, 1.165) is 5.56 Å². The number of furan rings is 1. The van der Waals surface area contributed by atoms with Crippen LogP contribution in [0.15, 0.2) is 51.0 Å². The first kappa shape index (κ1) is 21.8. The lowest BCUT2D eigenvalue weighted by atomic mass is 10.1. The van der Waals surface area contributed by atoms with Crippen LogP contribution in [0.1, 0.15) is 30.5 Å². The van der Waals surface area contributed by atoms with Gasteiger partial charge in [0, 0.05) is 17.5 Å². The van der Waals surface area contributed by atoms with Gasteiger partial charge in [-0.05, 0) is 36.4 Å². The molecule has 152 valence electrons. The topological polar surface area (TPSA) is 118 Å². The fourth-order valence-corrected chi connectivity index (χ4v) is 4.73. The Bertz CT molecular complexity index is 927. The number of amides is 3. The number of hydrogen-bond donors (Lipinski definition) is 3. The molecular weight excluding hydrogens is 402 g/mol. The van der Waals surface area contributed by atoms with Crippen LogP contribution >= 0.6 is 11.8 Å². The summed E-state index contributed by atoms with van der Waals surface area (Å²) in [7, 11) is -2.74. The van der Waals surface area contributed by atoms with E-state index in [2.05, 4.69) is 10.6 Å². The molecule has 0 spiro atoms. The highest BCUT2D eigenvalue weighted by molar-refractivity contribution is 7.99. The van der Waals surface area contributed by atoms with Crippen LogP contribution in [0.3, 0.4) is 0 Å². The van der Waals surface area contributed by atoms with Crippen molar-refractivity contribution in [3.05, 3.63) is 47.9 Å². The number of thioether (sulfide) groups is 1. The fourth-order valence-electron chi connectivity index (χ4n) is 2.59. The SMILES string of the molecule is CCC(NC(=O)Cc1ccc(SC)c(S(=O)(=O)NC(=O)NC)c1)c1ccoc1. The quantitative estimate of drug-likeness (QED) is 0.559. The molecule has 2 rings (SSSR count). The summed E-state index contributed by atoms with van der Waals surface area (Å²) in [6.07, 6.45) is 5.55. The molecule has 0 bridgehead atoms. The molecule has 10 heteroatoms. The molecule has 0 aliphatic rings. The first-order valence-corrected chi connectivity index (χ1v) is 11.2. The Morgan fingerprint density at radius 2 is 2.00 bits per heavy atom. The Morgan fingerprint density at radius 3 is 2.57 bits per heavy atom. The monoisotopic (exact) mass is 425 g/mol. The predicted octanol–water partition coefficient (Wildman–Crippen LogP) is 2.43. The van der Waals surface area contributed by atoms with Gasteiger partial charge in [-0.25, -0.2) is 17.9 Å². The van der Waals surface area contributed by atoms with E-state index in [1.165, 1.54) is 24.9 Å². The van der Waals surface area contributed by atoms with Crippen molar-refractivity contribution < 1.29 is 22.4 Å². The highest BCUT2D eigenvalue weighted by atomic mass is 32.2. The minimum absolute atomic E-state index is 0.00546. The van der Waals surface area contributed by atoms with Gasteiger partial charge in [-0.15, -0.1) is 11.8 Å². The van der Waals surface area contributed by atoms with E-state index < -0.39 is 16.1 Å². The molecule has 1 atom stereocenters. The van der Waals surface area contributed by atoms with Gasteiger partial charge in [0.15, 0.2) is 0 Å². The van der Waals surface area contributed by atoms with Crippen LogP contribution in [0.4, 0.5) is 4.79 Å². The Hall–Kier alpha value is -2.46. The lowest BCUT2D eigenvalue weighted by Crippen LogP contribution is -2.37. The zero-order valence-electron chi connectivity index (χ0n) is 15.8. The van der Waals surface area contributed by atoms with Crippen molar-refractivity contribution in [3.8, 4) is 0 Å². The van der Waals surface area contributed by atoms with Gasteiger partial charge in [-0.1, -0.05) is 13.0 Å². The number of carbonyl (C=O) groups excluding carboxylic acids is 2. The van der Waals surface area contributed by atoms with Crippen molar-refractivity contribution in [1.29, 1.82) is 0 Å². The van der Waals surface area contributed by atoms with Crippen LogP contribution in [0.25, 0.3) is 0 Å². The van der Waals surface area contributed by atoms with Crippen molar-refractivity contribution in [1.82, 2.24) is 15.4 Å². The van der Waals surface area contributed by atoms with Crippen LogP contribution in [0.5, 0.6) is 0 Å². The Morgan fingerprint density at radius 1 is 1.25 bits per heavy atom. The summed E-state index contributed by atoms with van der Waals surface area (Å²) < 4.78 is 32.0. The summed E-state index contributed by atoms with van der Waals surface area (Å²) in [5, 5.41) is 5.12. The summed E-state index contributed by atoms with van der Waals surface area (Å²) in [6.45, 7) is 1.94. The molecule has 2 aromatic rings. The van der Waals surface area contributed by atoms with Crippen molar-refractivity contribution in [2.24, 2.45) is 0 Å². The molecule has 0 saturated heterocycles. The van der Waals surface area contributed by atoms with Crippen LogP contribution in [0.2, 0.25) is 0 Å². The average Bonchev–Trinajstić information content (AvgIpc) is 3.20. The summed E-state index contributed by atoms with van der Waals surface area (Å²) in [6, 6.07) is 5.50. The minimum Gasteiger partial charge on any atom is -0.472 e. The summed E-state index contributed by atoms with van der Waals surface area (Å²) in [5.74, 6) is -0.243. The van der Waals surface area contributed by atoms with E-state index in [1.807, 2.05) is 11.6 Å². The molecule has 3 amide bonds. The van der Waals surface area contributed by atoms with Gasteiger partial charge in [-0.3, -0.25) is 4.79 Å². The number of hydrogen-bond acceptors (Lipinski definition) is 6. The third kappa shape index (κ3) is 5.52. The maximum Gasteiger partial charge on any atom is 0.328 e. The van der Waals surface area contributed by atoms with E-state index in [-0.39, 0.29) is 23.3 Å². The molecule has 0 aliphatic carbocycles. The Balaban J connectivity index is 2.20. The third-order valence-electron chi connectivity index (χ3n) is 4.03.